The fraction of sp³-hybridized carbons (Fsp3) is 1.00. The van der Waals surface area contributed by atoms with Gasteiger partial charge in [-0.1, -0.05) is 12.8 Å². The molecular weight excluding hydrogens is 176 g/mol. The molecule has 0 aromatic carbocycles. The van der Waals surface area contributed by atoms with E-state index in [1.165, 1.54) is 32.1 Å². The monoisotopic (exact) mass is 198 g/mol. The highest BCUT2D eigenvalue weighted by molar-refractivity contribution is 4.78. The van der Waals surface area contributed by atoms with E-state index < -0.39 is 0 Å². The summed E-state index contributed by atoms with van der Waals surface area (Å²) in [6, 6.07) is 0. The molecule has 2 fully saturated rings. The standard InChI is InChI=1S/C12H22O2/c1-9-5-6-12(14-9)8-10-3-2-4-11(13)7-10/h9-13H,2-8H2,1H3. The molecule has 0 spiro atoms. The molecule has 2 aliphatic rings. The Kier molecular flexibility index (Phi) is 3.45. The second-order valence-electron chi connectivity index (χ2n) is 5.07. The third-order valence-corrected chi connectivity index (χ3v) is 3.67. The Morgan fingerprint density at radius 2 is 2.07 bits per heavy atom. The molecule has 0 amide bonds. The molecule has 0 bridgehead atoms. The van der Waals surface area contributed by atoms with E-state index in [9.17, 15) is 5.11 Å². The molecule has 0 radical (unpaired) electrons. The molecule has 14 heavy (non-hydrogen) atoms. The third kappa shape index (κ3) is 2.71. The molecule has 1 heterocycles. The summed E-state index contributed by atoms with van der Waals surface area (Å²) in [7, 11) is 0. The second-order valence-corrected chi connectivity index (χ2v) is 5.07. The van der Waals surface area contributed by atoms with E-state index in [0.29, 0.717) is 18.1 Å². The average Bonchev–Trinajstić information content (AvgIpc) is 2.51. The largest absolute Gasteiger partial charge is 0.393 e. The van der Waals surface area contributed by atoms with Crippen molar-refractivity contribution < 1.29 is 9.84 Å². The highest BCUT2D eigenvalue weighted by Crippen LogP contribution is 2.32. The van der Waals surface area contributed by atoms with Crippen LogP contribution in [0.2, 0.25) is 0 Å². The molecule has 1 aliphatic heterocycles. The first-order chi connectivity index (χ1) is 6.74. The predicted molar refractivity (Wildman–Crippen MR) is 56.2 cm³/mol. The maximum atomic E-state index is 9.56. The summed E-state index contributed by atoms with van der Waals surface area (Å²) in [5.74, 6) is 0.717. The van der Waals surface area contributed by atoms with Crippen molar-refractivity contribution in [3.05, 3.63) is 0 Å². The summed E-state index contributed by atoms with van der Waals surface area (Å²) in [6.07, 6.45) is 9.07. The van der Waals surface area contributed by atoms with Gasteiger partial charge < -0.3 is 9.84 Å². The fourth-order valence-corrected chi connectivity index (χ4v) is 2.91. The van der Waals surface area contributed by atoms with Crippen LogP contribution in [0, 0.1) is 5.92 Å². The van der Waals surface area contributed by atoms with Crippen LogP contribution in [0.15, 0.2) is 0 Å². The zero-order valence-electron chi connectivity index (χ0n) is 9.11. The molecule has 2 heteroatoms. The Labute approximate surface area is 86.6 Å². The van der Waals surface area contributed by atoms with Crippen molar-refractivity contribution in [2.75, 3.05) is 0 Å². The zero-order valence-corrected chi connectivity index (χ0v) is 9.11. The summed E-state index contributed by atoms with van der Waals surface area (Å²) in [6.45, 7) is 2.16. The van der Waals surface area contributed by atoms with Crippen molar-refractivity contribution in [1.29, 1.82) is 0 Å². The number of ether oxygens (including phenoxy) is 1. The van der Waals surface area contributed by atoms with Gasteiger partial charge in [-0.15, -0.1) is 0 Å². The first-order valence-corrected chi connectivity index (χ1v) is 6.07. The van der Waals surface area contributed by atoms with Gasteiger partial charge in [0.1, 0.15) is 0 Å². The Bertz CT molecular complexity index is 181. The summed E-state index contributed by atoms with van der Waals surface area (Å²) in [5.41, 5.74) is 0. The van der Waals surface area contributed by atoms with Crippen LogP contribution in [0.25, 0.3) is 0 Å². The van der Waals surface area contributed by atoms with Crippen LogP contribution in [0.4, 0.5) is 0 Å². The number of aliphatic hydroxyl groups excluding tert-OH is 1. The summed E-state index contributed by atoms with van der Waals surface area (Å²) < 4.78 is 5.82. The topological polar surface area (TPSA) is 29.5 Å². The smallest absolute Gasteiger partial charge is 0.0582 e. The van der Waals surface area contributed by atoms with E-state index in [2.05, 4.69) is 6.92 Å². The van der Waals surface area contributed by atoms with Gasteiger partial charge in [0.15, 0.2) is 0 Å². The SMILES string of the molecule is CC1CCC(CC2CCCC(O)C2)O1. The van der Waals surface area contributed by atoms with Crippen molar-refractivity contribution in [2.45, 2.75) is 70.2 Å². The van der Waals surface area contributed by atoms with Crippen LogP contribution in [-0.2, 0) is 4.74 Å². The van der Waals surface area contributed by atoms with Crippen molar-refractivity contribution in [3.8, 4) is 0 Å². The number of rotatable bonds is 2. The first kappa shape index (κ1) is 10.4. The van der Waals surface area contributed by atoms with E-state index in [0.717, 1.165) is 12.8 Å². The summed E-state index contributed by atoms with van der Waals surface area (Å²) in [5, 5.41) is 9.56. The van der Waals surface area contributed by atoms with Gasteiger partial charge in [-0.2, -0.15) is 0 Å². The quantitative estimate of drug-likeness (QED) is 0.738. The van der Waals surface area contributed by atoms with Gasteiger partial charge in [0.05, 0.1) is 18.3 Å². The zero-order chi connectivity index (χ0) is 9.97. The van der Waals surface area contributed by atoms with E-state index in [-0.39, 0.29) is 6.10 Å². The lowest BCUT2D eigenvalue weighted by molar-refractivity contribution is 0.0241. The molecule has 0 aromatic heterocycles. The lowest BCUT2D eigenvalue weighted by Gasteiger charge is -2.27. The third-order valence-electron chi connectivity index (χ3n) is 3.67. The number of hydrogen-bond donors (Lipinski definition) is 1. The van der Waals surface area contributed by atoms with E-state index in [1.54, 1.807) is 0 Å². The summed E-state index contributed by atoms with van der Waals surface area (Å²) >= 11 is 0. The molecule has 2 nitrogen and oxygen atoms in total. The Morgan fingerprint density at radius 1 is 1.21 bits per heavy atom. The maximum Gasteiger partial charge on any atom is 0.0582 e. The maximum absolute atomic E-state index is 9.56. The molecular formula is C12H22O2. The highest BCUT2D eigenvalue weighted by atomic mass is 16.5. The van der Waals surface area contributed by atoms with Gasteiger partial charge in [-0.3, -0.25) is 0 Å². The first-order valence-electron chi connectivity index (χ1n) is 6.07. The highest BCUT2D eigenvalue weighted by Gasteiger charge is 2.27. The van der Waals surface area contributed by atoms with E-state index >= 15 is 0 Å². The van der Waals surface area contributed by atoms with Crippen LogP contribution < -0.4 is 0 Å². The lowest BCUT2D eigenvalue weighted by atomic mass is 9.83. The van der Waals surface area contributed by atoms with Crippen LogP contribution in [-0.4, -0.2) is 23.4 Å². The summed E-state index contributed by atoms with van der Waals surface area (Å²) in [4.78, 5) is 0. The van der Waals surface area contributed by atoms with Crippen molar-refractivity contribution in [2.24, 2.45) is 5.92 Å². The molecule has 1 saturated carbocycles. The van der Waals surface area contributed by atoms with Gasteiger partial charge >= 0.3 is 0 Å². The van der Waals surface area contributed by atoms with Crippen LogP contribution in [0.5, 0.6) is 0 Å². The number of aliphatic hydroxyl groups is 1. The molecule has 1 aliphatic carbocycles. The van der Waals surface area contributed by atoms with Gasteiger partial charge in [-0.25, -0.2) is 0 Å². The molecule has 0 aromatic rings. The Hall–Kier alpha value is -0.0800. The Morgan fingerprint density at radius 3 is 2.71 bits per heavy atom. The van der Waals surface area contributed by atoms with Crippen LogP contribution in [0.1, 0.15) is 51.9 Å². The fourth-order valence-electron chi connectivity index (χ4n) is 2.91. The average molecular weight is 198 g/mol. The lowest BCUT2D eigenvalue weighted by Crippen LogP contribution is -2.23. The van der Waals surface area contributed by atoms with Crippen LogP contribution in [0.3, 0.4) is 0 Å². The van der Waals surface area contributed by atoms with Gasteiger partial charge in [0.25, 0.3) is 0 Å². The van der Waals surface area contributed by atoms with Crippen molar-refractivity contribution in [3.63, 3.8) is 0 Å². The predicted octanol–water partition coefficient (Wildman–Crippen LogP) is 2.50. The van der Waals surface area contributed by atoms with Gasteiger partial charge in [0, 0.05) is 0 Å². The Balaban J connectivity index is 1.74. The molecule has 2 rings (SSSR count). The second kappa shape index (κ2) is 4.63. The minimum absolute atomic E-state index is 0.0347. The molecule has 4 atom stereocenters. The normalized spacial score (nSPS) is 44.1. The molecule has 4 unspecified atom stereocenters. The van der Waals surface area contributed by atoms with E-state index in [4.69, 9.17) is 4.74 Å². The minimum Gasteiger partial charge on any atom is -0.393 e. The minimum atomic E-state index is -0.0347. The van der Waals surface area contributed by atoms with Crippen molar-refractivity contribution in [1.82, 2.24) is 0 Å². The molecule has 1 saturated heterocycles. The molecule has 1 N–H and O–H groups in total. The molecule has 82 valence electrons. The number of hydrogen-bond acceptors (Lipinski definition) is 2. The van der Waals surface area contributed by atoms with E-state index in [1.807, 2.05) is 0 Å². The van der Waals surface area contributed by atoms with Crippen LogP contribution >= 0.6 is 0 Å². The van der Waals surface area contributed by atoms with Gasteiger partial charge in [-0.05, 0) is 44.9 Å². The van der Waals surface area contributed by atoms with Gasteiger partial charge in [0.2, 0.25) is 0 Å². The van der Waals surface area contributed by atoms with Crippen molar-refractivity contribution >= 4 is 0 Å².